The minimum atomic E-state index is 0.178. The highest BCUT2D eigenvalue weighted by atomic mass is 14.4. The quantitative estimate of drug-likeness (QED) is 0.679. The third-order valence-corrected chi connectivity index (χ3v) is 4.46. The zero-order valence-electron chi connectivity index (χ0n) is 10.5. The van der Waals surface area contributed by atoms with Crippen LogP contribution in [0.4, 0.5) is 0 Å². The van der Waals surface area contributed by atoms with E-state index in [0.717, 1.165) is 0 Å². The largest absolute Gasteiger partial charge is 0.0622 e. The summed E-state index contributed by atoms with van der Waals surface area (Å²) in [5.41, 5.74) is 4.65. The van der Waals surface area contributed by atoms with Gasteiger partial charge in [-0.15, -0.1) is 0 Å². The molecule has 0 heteroatoms. The summed E-state index contributed by atoms with van der Waals surface area (Å²) in [4.78, 5) is 0. The molecule has 0 radical (unpaired) electrons. The molecule has 0 aromatic heterocycles. The predicted octanol–water partition coefficient (Wildman–Crippen LogP) is 4.18. The molecule has 17 heavy (non-hydrogen) atoms. The Hall–Kier alpha value is -1.56. The molecule has 2 aromatic carbocycles. The number of rotatable bonds is 1. The van der Waals surface area contributed by atoms with Gasteiger partial charge >= 0.3 is 0 Å². The van der Waals surface area contributed by atoms with Crippen LogP contribution in [0.5, 0.6) is 0 Å². The molecule has 0 aliphatic heterocycles. The first kappa shape index (κ1) is 10.6. The van der Waals surface area contributed by atoms with Crippen LogP contribution in [-0.4, -0.2) is 0 Å². The molecule has 0 amide bonds. The summed E-state index contributed by atoms with van der Waals surface area (Å²) in [7, 11) is 0. The van der Waals surface area contributed by atoms with Gasteiger partial charge in [-0.25, -0.2) is 0 Å². The van der Waals surface area contributed by atoms with Gasteiger partial charge in [0.2, 0.25) is 0 Å². The monoisotopic (exact) mass is 222 g/mol. The van der Waals surface area contributed by atoms with Crippen molar-refractivity contribution in [2.24, 2.45) is 5.92 Å². The molecular weight excluding hydrogens is 204 g/mol. The maximum Gasteiger partial charge on any atom is 0.0206 e. The van der Waals surface area contributed by atoms with E-state index in [1.54, 1.807) is 0 Å². The second-order valence-corrected chi connectivity index (χ2v) is 5.33. The predicted molar refractivity (Wildman–Crippen MR) is 72.2 cm³/mol. The molecule has 0 heterocycles. The molecule has 0 nitrogen and oxygen atoms in total. The van der Waals surface area contributed by atoms with Crippen molar-refractivity contribution in [1.82, 2.24) is 0 Å². The van der Waals surface area contributed by atoms with Crippen LogP contribution < -0.4 is 0 Å². The molecule has 86 valence electrons. The molecule has 0 N–H and O–H groups in total. The SMILES string of the molecule is CC1Cc2ccccc2C1(C)c1ccccc1. The van der Waals surface area contributed by atoms with E-state index in [4.69, 9.17) is 0 Å². The lowest BCUT2D eigenvalue weighted by Crippen LogP contribution is -2.27. The minimum absolute atomic E-state index is 0.178. The Labute approximate surface area is 103 Å². The van der Waals surface area contributed by atoms with Crippen LogP contribution in [0.25, 0.3) is 0 Å². The van der Waals surface area contributed by atoms with Gasteiger partial charge in [0.05, 0.1) is 0 Å². The molecular formula is C17H18. The first-order chi connectivity index (χ1) is 8.23. The van der Waals surface area contributed by atoms with E-state index < -0.39 is 0 Å². The first-order valence-corrected chi connectivity index (χ1v) is 6.37. The van der Waals surface area contributed by atoms with Crippen LogP contribution in [0, 0.1) is 5.92 Å². The minimum Gasteiger partial charge on any atom is -0.0622 e. The standard InChI is InChI=1S/C17H18/c1-13-12-14-8-6-7-11-16(14)17(13,2)15-9-4-3-5-10-15/h3-11,13H,12H2,1-2H3. The zero-order valence-corrected chi connectivity index (χ0v) is 10.5. The van der Waals surface area contributed by atoms with Crippen molar-refractivity contribution < 1.29 is 0 Å². The van der Waals surface area contributed by atoms with Crippen molar-refractivity contribution in [2.75, 3.05) is 0 Å². The molecule has 2 atom stereocenters. The lowest BCUT2D eigenvalue weighted by atomic mass is 9.72. The maximum atomic E-state index is 2.39. The second kappa shape index (κ2) is 3.73. The summed E-state index contributed by atoms with van der Waals surface area (Å²) in [5.74, 6) is 0.669. The number of hydrogen-bond acceptors (Lipinski definition) is 0. The molecule has 1 aliphatic rings. The highest BCUT2D eigenvalue weighted by Gasteiger charge is 2.41. The average Bonchev–Trinajstić information content (AvgIpc) is 2.64. The molecule has 0 spiro atoms. The van der Waals surface area contributed by atoms with E-state index in [0.29, 0.717) is 5.92 Å². The van der Waals surface area contributed by atoms with E-state index in [1.165, 1.54) is 23.1 Å². The number of hydrogen-bond donors (Lipinski definition) is 0. The second-order valence-electron chi connectivity index (χ2n) is 5.33. The summed E-state index contributed by atoms with van der Waals surface area (Å²) in [6.07, 6.45) is 1.20. The van der Waals surface area contributed by atoms with Crippen LogP contribution >= 0.6 is 0 Å². The van der Waals surface area contributed by atoms with Gasteiger partial charge in [0.25, 0.3) is 0 Å². The average molecular weight is 222 g/mol. The summed E-state index contributed by atoms with van der Waals surface area (Å²) in [5, 5.41) is 0. The molecule has 1 aliphatic carbocycles. The van der Waals surface area contributed by atoms with Crippen LogP contribution in [-0.2, 0) is 11.8 Å². The Morgan fingerprint density at radius 2 is 1.59 bits per heavy atom. The van der Waals surface area contributed by atoms with Crippen molar-refractivity contribution in [3.63, 3.8) is 0 Å². The van der Waals surface area contributed by atoms with E-state index >= 15 is 0 Å². The Morgan fingerprint density at radius 3 is 2.35 bits per heavy atom. The fourth-order valence-electron chi connectivity index (χ4n) is 3.23. The molecule has 0 saturated heterocycles. The molecule has 3 rings (SSSR count). The lowest BCUT2D eigenvalue weighted by molar-refractivity contribution is 0.411. The Balaban J connectivity index is 2.20. The van der Waals surface area contributed by atoms with Crippen LogP contribution in [0.3, 0.4) is 0 Å². The topological polar surface area (TPSA) is 0 Å². The molecule has 0 saturated carbocycles. The summed E-state index contributed by atoms with van der Waals surface area (Å²) < 4.78 is 0. The van der Waals surface area contributed by atoms with E-state index in [1.807, 2.05) is 0 Å². The van der Waals surface area contributed by atoms with Gasteiger partial charge in [-0.2, -0.15) is 0 Å². The van der Waals surface area contributed by atoms with Gasteiger partial charge in [0, 0.05) is 5.41 Å². The van der Waals surface area contributed by atoms with Crippen LogP contribution in [0.15, 0.2) is 54.6 Å². The fraction of sp³-hybridized carbons (Fsp3) is 0.294. The third kappa shape index (κ3) is 1.44. The van der Waals surface area contributed by atoms with Crippen molar-refractivity contribution in [2.45, 2.75) is 25.7 Å². The molecule has 2 aromatic rings. The Kier molecular flexibility index (Phi) is 2.32. The Bertz CT molecular complexity index is 527. The van der Waals surface area contributed by atoms with Gasteiger partial charge in [0.15, 0.2) is 0 Å². The van der Waals surface area contributed by atoms with Crippen molar-refractivity contribution in [3.05, 3.63) is 71.3 Å². The normalized spacial score (nSPS) is 26.8. The van der Waals surface area contributed by atoms with Gasteiger partial charge in [-0.05, 0) is 29.0 Å². The third-order valence-electron chi connectivity index (χ3n) is 4.46. The first-order valence-electron chi connectivity index (χ1n) is 6.37. The maximum absolute atomic E-state index is 2.39. The Morgan fingerprint density at radius 1 is 0.941 bits per heavy atom. The number of fused-ring (bicyclic) bond motifs is 1. The summed E-state index contributed by atoms with van der Waals surface area (Å²) in [6.45, 7) is 4.76. The summed E-state index contributed by atoms with van der Waals surface area (Å²) >= 11 is 0. The molecule has 2 unspecified atom stereocenters. The van der Waals surface area contributed by atoms with E-state index in [-0.39, 0.29) is 5.41 Å². The van der Waals surface area contributed by atoms with Gasteiger partial charge in [-0.3, -0.25) is 0 Å². The number of benzene rings is 2. The lowest BCUT2D eigenvalue weighted by Gasteiger charge is -2.31. The fourth-order valence-corrected chi connectivity index (χ4v) is 3.23. The molecule has 0 fully saturated rings. The zero-order chi connectivity index (χ0) is 11.9. The van der Waals surface area contributed by atoms with E-state index in [9.17, 15) is 0 Å². The van der Waals surface area contributed by atoms with Crippen molar-refractivity contribution >= 4 is 0 Å². The van der Waals surface area contributed by atoms with Crippen LogP contribution in [0.2, 0.25) is 0 Å². The van der Waals surface area contributed by atoms with Crippen molar-refractivity contribution in [3.8, 4) is 0 Å². The highest BCUT2D eigenvalue weighted by Crippen LogP contribution is 2.47. The van der Waals surface area contributed by atoms with Gasteiger partial charge in [-0.1, -0.05) is 68.4 Å². The van der Waals surface area contributed by atoms with E-state index in [2.05, 4.69) is 68.4 Å². The molecule has 0 bridgehead atoms. The van der Waals surface area contributed by atoms with Crippen molar-refractivity contribution in [1.29, 1.82) is 0 Å². The van der Waals surface area contributed by atoms with Gasteiger partial charge < -0.3 is 0 Å². The van der Waals surface area contributed by atoms with Crippen LogP contribution in [0.1, 0.15) is 30.5 Å². The van der Waals surface area contributed by atoms with Gasteiger partial charge in [0.1, 0.15) is 0 Å². The smallest absolute Gasteiger partial charge is 0.0206 e. The summed E-state index contributed by atoms with van der Waals surface area (Å²) in [6, 6.07) is 19.8. The highest BCUT2D eigenvalue weighted by molar-refractivity contribution is 5.48.